The SMILES string of the molecule is NC(=O)N1CC2(CCNC2)c2cc(F)ccc21. The van der Waals surface area contributed by atoms with Crippen LogP contribution in [0.4, 0.5) is 14.9 Å². The molecule has 0 saturated carbocycles. The molecule has 3 N–H and O–H groups in total. The zero-order valence-corrected chi connectivity index (χ0v) is 9.37. The van der Waals surface area contributed by atoms with Gasteiger partial charge in [-0.3, -0.25) is 4.90 Å². The number of halogens is 1. The quantitative estimate of drug-likeness (QED) is 0.703. The highest BCUT2D eigenvalue weighted by Crippen LogP contribution is 2.44. The van der Waals surface area contributed by atoms with Crippen molar-refractivity contribution in [3.63, 3.8) is 0 Å². The van der Waals surface area contributed by atoms with Gasteiger partial charge in [-0.25, -0.2) is 9.18 Å². The number of nitrogens with two attached hydrogens (primary N) is 1. The van der Waals surface area contributed by atoms with E-state index in [0.29, 0.717) is 6.54 Å². The zero-order chi connectivity index (χ0) is 12.0. The summed E-state index contributed by atoms with van der Waals surface area (Å²) in [5.74, 6) is -0.263. The van der Waals surface area contributed by atoms with E-state index < -0.39 is 6.03 Å². The van der Waals surface area contributed by atoms with Gasteiger partial charge in [0.15, 0.2) is 0 Å². The van der Waals surface area contributed by atoms with Crippen molar-refractivity contribution >= 4 is 11.7 Å². The molecule has 1 atom stereocenters. The second-order valence-corrected chi connectivity index (χ2v) is 4.79. The number of primary amides is 1. The molecule has 0 aromatic heterocycles. The van der Waals surface area contributed by atoms with Crippen molar-refractivity contribution in [2.75, 3.05) is 24.5 Å². The predicted octanol–water partition coefficient (Wildman–Crippen LogP) is 0.956. The van der Waals surface area contributed by atoms with Gasteiger partial charge >= 0.3 is 6.03 Å². The number of fused-ring (bicyclic) bond motifs is 2. The first-order valence-electron chi connectivity index (χ1n) is 5.70. The fourth-order valence-electron chi connectivity index (χ4n) is 2.95. The lowest BCUT2D eigenvalue weighted by atomic mass is 9.82. The van der Waals surface area contributed by atoms with E-state index in [4.69, 9.17) is 5.73 Å². The highest BCUT2D eigenvalue weighted by Gasteiger charge is 2.46. The number of nitrogens with one attached hydrogen (secondary N) is 1. The molecule has 5 heteroatoms. The molecule has 1 saturated heterocycles. The Kier molecular flexibility index (Phi) is 2.13. The summed E-state index contributed by atoms with van der Waals surface area (Å²) >= 11 is 0. The van der Waals surface area contributed by atoms with E-state index in [2.05, 4.69) is 5.32 Å². The third-order valence-corrected chi connectivity index (χ3v) is 3.79. The Hall–Kier alpha value is -1.62. The van der Waals surface area contributed by atoms with Crippen molar-refractivity contribution in [3.05, 3.63) is 29.6 Å². The minimum absolute atomic E-state index is 0.160. The van der Waals surface area contributed by atoms with Crippen molar-refractivity contribution < 1.29 is 9.18 Å². The normalized spacial score (nSPS) is 26.5. The number of carbonyl (C=O) groups is 1. The summed E-state index contributed by atoms with van der Waals surface area (Å²) in [5, 5.41) is 3.27. The van der Waals surface area contributed by atoms with Gasteiger partial charge in [0, 0.05) is 24.2 Å². The molecule has 0 radical (unpaired) electrons. The van der Waals surface area contributed by atoms with Gasteiger partial charge in [0.1, 0.15) is 5.82 Å². The molecule has 2 amide bonds. The Morgan fingerprint density at radius 2 is 2.35 bits per heavy atom. The second-order valence-electron chi connectivity index (χ2n) is 4.79. The zero-order valence-electron chi connectivity index (χ0n) is 9.37. The average Bonchev–Trinajstić information content (AvgIpc) is 2.87. The summed E-state index contributed by atoms with van der Waals surface area (Å²) in [6, 6.07) is 4.07. The molecule has 1 spiro atoms. The Morgan fingerprint density at radius 3 is 3.00 bits per heavy atom. The van der Waals surface area contributed by atoms with E-state index in [9.17, 15) is 9.18 Å². The van der Waals surface area contributed by atoms with E-state index in [0.717, 1.165) is 30.8 Å². The van der Waals surface area contributed by atoms with Crippen LogP contribution >= 0.6 is 0 Å². The lowest BCUT2D eigenvalue weighted by Gasteiger charge is -2.23. The smallest absolute Gasteiger partial charge is 0.319 e. The Bertz CT molecular complexity index is 483. The highest BCUT2D eigenvalue weighted by molar-refractivity contribution is 5.94. The number of rotatable bonds is 0. The van der Waals surface area contributed by atoms with Crippen LogP contribution in [-0.4, -0.2) is 25.7 Å². The lowest BCUT2D eigenvalue weighted by Crippen LogP contribution is -2.40. The monoisotopic (exact) mass is 235 g/mol. The lowest BCUT2D eigenvalue weighted by molar-refractivity contribution is 0.253. The largest absolute Gasteiger partial charge is 0.351 e. The fourth-order valence-corrected chi connectivity index (χ4v) is 2.95. The van der Waals surface area contributed by atoms with Crippen LogP contribution in [0.1, 0.15) is 12.0 Å². The van der Waals surface area contributed by atoms with Crippen LogP contribution < -0.4 is 16.0 Å². The first-order valence-corrected chi connectivity index (χ1v) is 5.70. The third-order valence-electron chi connectivity index (χ3n) is 3.79. The molecule has 1 aromatic carbocycles. The number of hydrogen-bond acceptors (Lipinski definition) is 2. The maximum Gasteiger partial charge on any atom is 0.319 e. The van der Waals surface area contributed by atoms with Gasteiger partial charge in [0.2, 0.25) is 0 Å². The Labute approximate surface area is 98.6 Å². The molecule has 1 aromatic rings. The van der Waals surface area contributed by atoms with Gasteiger partial charge in [-0.2, -0.15) is 0 Å². The summed E-state index contributed by atoms with van der Waals surface area (Å²) in [4.78, 5) is 13.0. The average molecular weight is 235 g/mol. The van der Waals surface area contributed by atoms with Crippen LogP contribution in [0.3, 0.4) is 0 Å². The van der Waals surface area contributed by atoms with Gasteiger partial charge in [-0.15, -0.1) is 0 Å². The molecule has 4 nitrogen and oxygen atoms in total. The molecule has 2 aliphatic heterocycles. The number of nitrogens with zero attached hydrogens (tertiary/aromatic N) is 1. The maximum atomic E-state index is 13.4. The van der Waals surface area contributed by atoms with Crippen molar-refractivity contribution in [1.29, 1.82) is 0 Å². The van der Waals surface area contributed by atoms with E-state index in [1.807, 2.05) is 0 Å². The molecule has 1 unspecified atom stereocenters. The molecule has 2 heterocycles. The predicted molar refractivity (Wildman–Crippen MR) is 62.5 cm³/mol. The van der Waals surface area contributed by atoms with E-state index in [1.165, 1.54) is 12.1 Å². The van der Waals surface area contributed by atoms with Gasteiger partial charge < -0.3 is 11.1 Å². The highest BCUT2D eigenvalue weighted by atomic mass is 19.1. The number of carbonyl (C=O) groups excluding carboxylic acids is 1. The van der Waals surface area contributed by atoms with Gasteiger partial charge in [0.25, 0.3) is 0 Å². The minimum Gasteiger partial charge on any atom is -0.351 e. The van der Waals surface area contributed by atoms with Crippen LogP contribution in [0.25, 0.3) is 0 Å². The number of hydrogen-bond donors (Lipinski definition) is 2. The number of anilines is 1. The number of amides is 2. The van der Waals surface area contributed by atoms with Crippen LogP contribution in [0.5, 0.6) is 0 Å². The molecular formula is C12H14FN3O. The molecule has 1 fully saturated rings. The maximum absolute atomic E-state index is 13.4. The first-order chi connectivity index (χ1) is 8.12. The summed E-state index contributed by atoms with van der Waals surface area (Å²) < 4.78 is 13.4. The van der Waals surface area contributed by atoms with Gasteiger partial charge in [-0.05, 0) is 36.7 Å². The molecule has 3 rings (SSSR count). The fraction of sp³-hybridized carbons (Fsp3) is 0.417. The topological polar surface area (TPSA) is 58.4 Å². The Balaban J connectivity index is 2.14. The Morgan fingerprint density at radius 1 is 1.53 bits per heavy atom. The molecule has 2 aliphatic rings. The van der Waals surface area contributed by atoms with Crippen molar-refractivity contribution in [2.45, 2.75) is 11.8 Å². The molecule has 0 aliphatic carbocycles. The van der Waals surface area contributed by atoms with Crippen LogP contribution in [0, 0.1) is 5.82 Å². The second kappa shape index (κ2) is 3.43. The minimum atomic E-state index is -0.471. The van der Waals surface area contributed by atoms with E-state index in [1.54, 1.807) is 11.0 Å². The van der Waals surface area contributed by atoms with Crippen molar-refractivity contribution in [3.8, 4) is 0 Å². The molecule has 0 bridgehead atoms. The summed E-state index contributed by atoms with van der Waals surface area (Å²) in [5.41, 5.74) is 6.87. The van der Waals surface area contributed by atoms with Gasteiger partial charge in [-0.1, -0.05) is 0 Å². The van der Waals surface area contributed by atoms with Crippen LogP contribution in [-0.2, 0) is 5.41 Å². The summed E-state index contributed by atoms with van der Waals surface area (Å²) in [6.07, 6.45) is 0.910. The van der Waals surface area contributed by atoms with Crippen molar-refractivity contribution in [2.24, 2.45) is 5.73 Å². The standard InChI is InChI=1S/C12H14FN3O/c13-8-1-2-10-9(5-8)12(3-4-15-6-12)7-16(10)11(14)17/h1-2,5,15H,3-4,6-7H2,(H2,14,17). The van der Waals surface area contributed by atoms with Crippen molar-refractivity contribution in [1.82, 2.24) is 5.32 Å². The van der Waals surface area contributed by atoms with Crippen LogP contribution in [0.2, 0.25) is 0 Å². The first kappa shape index (κ1) is 10.5. The summed E-state index contributed by atoms with van der Waals surface area (Å²) in [6.45, 7) is 2.21. The number of benzene rings is 1. The van der Waals surface area contributed by atoms with Crippen LogP contribution in [0.15, 0.2) is 18.2 Å². The molecule has 90 valence electrons. The molecule has 17 heavy (non-hydrogen) atoms. The summed E-state index contributed by atoms with van der Waals surface area (Å²) in [7, 11) is 0. The third kappa shape index (κ3) is 1.42. The van der Waals surface area contributed by atoms with Gasteiger partial charge in [0.05, 0.1) is 0 Å². The van der Waals surface area contributed by atoms with E-state index in [-0.39, 0.29) is 11.2 Å². The number of urea groups is 1. The van der Waals surface area contributed by atoms with E-state index >= 15 is 0 Å². The molecular weight excluding hydrogens is 221 g/mol.